The summed E-state index contributed by atoms with van der Waals surface area (Å²) in [5.41, 5.74) is 3.19. The second kappa shape index (κ2) is 3.84. The maximum absolute atomic E-state index is 3.94. The summed E-state index contributed by atoms with van der Waals surface area (Å²) in [6.45, 7) is 4.46. The van der Waals surface area contributed by atoms with Crippen molar-refractivity contribution in [2.24, 2.45) is 0 Å². The lowest BCUT2D eigenvalue weighted by Gasteiger charge is -2.14. The molecule has 1 aromatic rings. The van der Waals surface area contributed by atoms with Crippen LogP contribution in [0.3, 0.4) is 0 Å². The van der Waals surface area contributed by atoms with Crippen molar-refractivity contribution in [1.29, 1.82) is 0 Å². The Kier molecular flexibility index (Phi) is 3.02. The van der Waals surface area contributed by atoms with E-state index in [1.165, 1.54) is 5.19 Å². The molecule has 0 fully saturated rings. The van der Waals surface area contributed by atoms with E-state index in [0.717, 1.165) is 0 Å². The van der Waals surface area contributed by atoms with Crippen LogP contribution < -0.4 is 5.19 Å². The first kappa shape index (κ1) is 9.44. The number of hydrogen-bond donors (Lipinski definition) is 1. The SMILES string of the molecule is C[Si](C)(C#CS)c1ccccc1. The minimum atomic E-state index is -1.52. The summed E-state index contributed by atoms with van der Waals surface area (Å²) in [7, 11) is -1.52. The molecule has 0 aliphatic heterocycles. The van der Waals surface area contributed by atoms with Crippen molar-refractivity contribution in [1.82, 2.24) is 0 Å². The lowest BCUT2D eigenvalue weighted by atomic mass is 10.4. The van der Waals surface area contributed by atoms with E-state index in [9.17, 15) is 0 Å². The summed E-state index contributed by atoms with van der Waals surface area (Å²) in [5.74, 6) is 0. The highest BCUT2D eigenvalue weighted by atomic mass is 32.1. The molecule has 0 radical (unpaired) electrons. The van der Waals surface area contributed by atoms with Crippen LogP contribution in [0, 0.1) is 10.8 Å². The lowest BCUT2D eigenvalue weighted by molar-refractivity contribution is 1.72. The van der Waals surface area contributed by atoms with Gasteiger partial charge < -0.3 is 0 Å². The van der Waals surface area contributed by atoms with Gasteiger partial charge in [0.2, 0.25) is 0 Å². The van der Waals surface area contributed by atoms with Crippen LogP contribution in [-0.4, -0.2) is 8.07 Å². The van der Waals surface area contributed by atoms with E-state index in [0.29, 0.717) is 0 Å². The molecule has 0 aliphatic carbocycles. The normalized spacial score (nSPS) is 10.2. The third-order valence-electron chi connectivity index (χ3n) is 1.86. The Morgan fingerprint density at radius 1 is 1.17 bits per heavy atom. The Labute approximate surface area is 80.4 Å². The Morgan fingerprint density at radius 3 is 2.25 bits per heavy atom. The zero-order valence-electron chi connectivity index (χ0n) is 7.33. The highest BCUT2D eigenvalue weighted by molar-refractivity contribution is 7.85. The summed E-state index contributed by atoms with van der Waals surface area (Å²) >= 11 is 3.94. The predicted molar refractivity (Wildman–Crippen MR) is 60.3 cm³/mol. The molecule has 0 nitrogen and oxygen atoms in total. The topological polar surface area (TPSA) is 0 Å². The summed E-state index contributed by atoms with van der Waals surface area (Å²) < 4.78 is 0. The van der Waals surface area contributed by atoms with Gasteiger partial charge in [0, 0.05) is 0 Å². The first-order valence-electron chi connectivity index (χ1n) is 3.88. The van der Waals surface area contributed by atoms with Crippen molar-refractivity contribution in [2.75, 3.05) is 0 Å². The average Bonchev–Trinajstić information content (AvgIpc) is 2.06. The van der Waals surface area contributed by atoms with E-state index in [1.807, 2.05) is 6.07 Å². The molecular formula is C10H12SSi. The molecule has 0 saturated heterocycles. The standard InChI is InChI=1S/C10H12SSi/c1-12(2,9-8-11)10-6-4-3-5-7-10/h3-7,11H,1-2H3. The van der Waals surface area contributed by atoms with Gasteiger partial charge in [-0.2, -0.15) is 0 Å². The van der Waals surface area contributed by atoms with E-state index >= 15 is 0 Å². The van der Waals surface area contributed by atoms with Crippen molar-refractivity contribution in [3.05, 3.63) is 30.3 Å². The number of benzene rings is 1. The van der Waals surface area contributed by atoms with Gasteiger partial charge in [-0.15, -0.1) is 5.54 Å². The molecule has 0 spiro atoms. The number of rotatable bonds is 1. The predicted octanol–water partition coefficient (Wildman–Crippen LogP) is 2.03. The maximum Gasteiger partial charge on any atom is 0.163 e. The molecule has 62 valence electrons. The Bertz CT molecular complexity index is 306. The van der Waals surface area contributed by atoms with Crippen LogP contribution in [0.5, 0.6) is 0 Å². The monoisotopic (exact) mass is 192 g/mol. The van der Waals surface area contributed by atoms with Crippen LogP contribution in [0.1, 0.15) is 0 Å². The molecule has 1 aromatic carbocycles. The molecule has 0 atom stereocenters. The van der Waals surface area contributed by atoms with Gasteiger partial charge in [0.25, 0.3) is 0 Å². The zero-order valence-corrected chi connectivity index (χ0v) is 9.23. The highest BCUT2D eigenvalue weighted by Crippen LogP contribution is 2.01. The fourth-order valence-corrected chi connectivity index (χ4v) is 3.35. The summed E-state index contributed by atoms with van der Waals surface area (Å²) in [5, 5.41) is 4.08. The molecule has 12 heavy (non-hydrogen) atoms. The summed E-state index contributed by atoms with van der Waals surface area (Å²) in [4.78, 5) is 0. The summed E-state index contributed by atoms with van der Waals surface area (Å²) in [6.07, 6.45) is 0. The minimum absolute atomic E-state index is 1.37. The summed E-state index contributed by atoms with van der Waals surface area (Å²) in [6, 6.07) is 10.4. The van der Waals surface area contributed by atoms with E-state index in [1.54, 1.807) is 0 Å². The number of hydrogen-bond acceptors (Lipinski definition) is 1. The zero-order chi connectivity index (χ0) is 9.03. The van der Waals surface area contributed by atoms with E-state index in [2.05, 4.69) is 60.8 Å². The van der Waals surface area contributed by atoms with Gasteiger partial charge in [-0.05, 0) is 10.4 Å². The van der Waals surface area contributed by atoms with Gasteiger partial charge in [0.15, 0.2) is 8.07 Å². The van der Waals surface area contributed by atoms with Gasteiger partial charge in [-0.3, -0.25) is 0 Å². The molecule has 0 amide bonds. The van der Waals surface area contributed by atoms with E-state index in [-0.39, 0.29) is 0 Å². The molecule has 2 heteroatoms. The van der Waals surface area contributed by atoms with Crippen LogP contribution in [0.2, 0.25) is 13.1 Å². The van der Waals surface area contributed by atoms with Crippen LogP contribution in [0.15, 0.2) is 30.3 Å². The van der Waals surface area contributed by atoms with Crippen molar-refractivity contribution >= 4 is 25.9 Å². The molecule has 0 saturated carbocycles. The molecule has 0 aliphatic rings. The first-order chi connectivity index (χ1) is 5.67. The van der Waals surface area contributed by atoms with Crippen molar-refractivity contribution < 1.29 is 0 Å². The molecule has 0 N–H and O–H groups in total. The molecular weight excluding hydrogens is 180 g/mol. The van der Waals surface area contributed by atoms with Gasteiger partial charge in [0.1, 0.15) is 0 Å². The maximum atomic E-state index is 3.94. The first-order valence-corrected chi connectivity index (χ1v) is 7.33. The quantitative estimate of drug-likeness (QED) is 0.393. The molecule has 0 unspecified atom stereocenters. The Balaban J connectivity index is 3.03. The van der Waals surface area contributed by atoms with Gasteiger partial charge in [-0.1, -0.05) is 56.1 Å². The Hall–Kier alpha value is -0.653. The fraction of sp³-hybridized carbons (Fsp3) is 0.200. The second-order valence-electron chi connectivity index (χ2n) is 3.23. The lowest BCUT2D eigenvalue weighted by Crippen LogP contribution is -2.39. The van der Waals surface area contributed by atoms with E-state index in [4.69, 9.17) is 0 Å². The molecule has 0 heterocycles. The minimum Gasteiger partial charge on any atom is -0.115 e. The smallest absolute Gasteiger partial charge is 0.115 e. The average molecular weight is 192 g/mol. The van der Waals surface area contributed by atoms with E-state index < -0.39 is 8.07 Å². The largest absolute Gasteiger partial charge is 0.163 e. The third-order valence-corrected chi connectivity index (χ3v) is 4.71. The highest BCUT2D eigenvalue weighted by Gasteiger charge is 2.19. The number of thiol groups is 1. The Morgan fingerprint density at radius 2 is 1.75 bits per heavy atom. The van der Waals surface area contributed by atoms with Crippen LogP contribution in [0.25, 0.3) is 0 Å². The molecule has 0 aromatic heterocycles. The van der Waals surface area contributed by atoms with Crippen LogP contribution in [-0.2, 0) is 0 Å². The molecule has 1 rings (SSSR count). The van der Waals surface area contributed by atoms with Gasteiger partial charge >= 0.3 is 0 Å². The van der Waals surface area contributed by atoms with Crippen LogP contribution in [0.4, 0.5) is 0 Å². The third kappa shape index (κ3) is 2.16. The second-order valence-corrected chi connectivity index (χ2v) is 7.53. The van der Waals surface area contributed by atoms with Crippen molar-refractivity contribution in [3.8, 4) is 10.8 Å². The fourth-order valence-electron chi connectivity index (χ4n) is 1.07. The van der Waals surface area contributed by atoms with Crippen molar-refractivity contribution in [3.63, 3.8) is 0 Å². The van der Waals surface area contributed by atoms with Gasteiger partial charge in [0.05, 0.1) is 0 Å². The van der Waals surface area contributed by atoms with Crippen molar-refractivity contribution in [2.45, 2.75) is 13.1 Å². The van der Waals surface area contributed by atoms with Crippen LogP contribution >= 0.6 is 12.6 Å². The molecule has 0 bridgehead atoms. The van der Waals surface area contributed by atoms with Gasteiger partial charge in [-0.25, -0.2) is 0 Å².